The number of amides is 1. The molecule has 0 bridgehead atoms. The van der Waals surface area contributed by atoms with Crippen molar-refractivity contribution < 1.29 is 9.18 Å². The van der Waals surface area contributed by atoms with Crippen LogP contribution in [0.3, 0.4) is 0 Å². The van der Waals surface area contributed by atoms with Crippen LogP contribution in [-0.2, 0) is 6.54 Å². The van der Waals surface area contributed by atoms with Crippen LogP contribution < -0.4 is 10.6 Å². The Morgan fingerprint density at radius 3 is 2.67 bits per heavy atom. The van der Waals surface area contributed by atoms with Crippen LogP contribution in [-0.4, -0.2) is 12.5 Å². The molecule has 0 saturated heterocycles. The van der Waals surface area contributed by atoms with Gasteiger partial charge in [0.15, 0.2) is 0 Å². The minimum absolute atomic E-state index is 0.00996. The largest absolute Gasteiger partial charge is 0.322 e. The molecule has 0 aromatic heterocycles. The first-order chi connectivity index (χ1) is 10.1. The maximum Gasteiger partial charge on any atom is 0.259 e. The molecule has 2 rings (SSSR count). The second-order valence-electron chi connectivity index (χ2n) is 4.49. The van der Waals surface area contributed by atoms with E-state index in [4.69, 9.17) is 0 Å². The Kier molecular flexibility index (Phi) is 5.47. The molecule has 3 nitrogen and oxygen atoms in total. The number of hydrogen-bond donors (Lipinski definition) is 2. The summed E-state index contributed by atoms with van der Waals surface area (Å²) in [6, 6.07) is 11.9. The molecule has 0 saturated carbocycles. The average Bonchev–Trinajstić information content (AvgIpc) is 2.46. The van der Waals surface area contributed by atoms with E-state index in [1.54, 1.807) is 18.2 Å². The molecule has 0 aliphatic carbocycles. The quantitative estimate of drug-likeness (QED) is 0.857. The first-order valence-electron chi connectivity index (χ1n) is 6.67. The van der Waals surface area contributed by atoms with Gasteiger partial charge in [0.1, 0.15) is 5.82 Å². The standard InChI is InChI=1S/C16H16BrFN2O/c1-2-19-10-11-6-3-4-9-14(11)20-16(21)15-12(17)7-5-8-13(15)18/h3-9,19H,2,10H2,1H3,(H,20,21). The molecule has 5 heteroatoms. The Morgan fingerprint density at radius 2 is 1.95 bits per heavy atom. The third-order valence-electron chi connectivity index (χ3n) is 3.02. The van der Waals surface area contributed by atoms with Gasteiger partial charge in [0.25, 0.3) is 5.91 Å². The maximum atomic E-state index is 13.8. The fourth-order valence-corrected chi connectivity index (χ4v) is 2.48. The number of carbonyl (C=O) groups excluding carboxylic acids is 1. The molecule has 0 spiro atoms. The van der Waals surface area contributed by atoms with E-state index in [1.807, 2.05) is 25.1 Å². The van der Waals surface area contributed by atoms with E-state index in [9.17, 15) is 9.18 Å². The summed E-state index contributed by atoms with van der Waals surface area (Å²) in [7, 11) is 0. The van der Waals surface area contributed by atoms with Crippen LogP contribution in [0.1, 0.15) is 22.8 Å². The van der Waals surface area contributed by atoms with Gasteiger partial charge in [-0.05, 0) is 46.2 Å². The summed E-state index contributed by atoms with van der Waals surface area (Å²) >= 11 is 3.21. The predicted octanol–water partition coefficient (Wildman–Crippen LogP) is 3.95. The molecule has 0 atom stereocenters. The van der Waals surface area contributed by atoms with Gasteiger partial charge in [-0.1, -0.05) is 31.2 Å². The lowest BCUT2D eigenvalue weighted by Crippen LogP contribution is -2.18. The third kappa shape index (κ3) is 3.89. The number of halogens is 2. The van der Waals surface area contributed by atoms with Crippen molar-refractivity contribution in [1.29, 1.82) is 0 Å². The Labute approximate surface area is 131 Å². The molecule has 2 N–H and O–H groups in total. The van der Waals surface area contributed by atoms with E-state index < -0.39 is 11.7 Å². The molecule has 110 valence electrons. The van der Waals surface area contributed by atoms with Crippen LogP contribution in [0.4, 0.5) is 10.1 Å². The fraction of sp³-hybridized carbons (Fsp3) is 0.188. The minimum Gasteiger partial charge on any atom is -0.322 e. The third-order valence-corrected chi connectivity index (χ3v) is 3.68. The SMILES string of the molecule is CCNCc1ccccc1NC(=O)c1c(F)cccc1Br. The lowest BCUT2D eigenvalue weighted by molar-refractivity contribution is 0.102. The summed E-state index contributed by atoms with van der Waals surface area (Å²) in [5.74, 6) is -1.02. The first-order valence-corrected chi connectivity index (χ1v) is 7.46. The van der Waals surface area contributed by atoms with Gasteiger partial charge >= 0.3 is 0 Å². The van der Waals surface area contributed by atoms with Gasteiger partial charge in [0.2, 0.25) is 0 Å². The van der Waals surface area contributed by atoms with Gasteiger partial charge in [0.05, 0.1) is 5.56 Å². The molecule has 2 aromatic carbocycles. The first kappa shape index (κ1) is 15.7. The molecule has 0 unspecified atom stereocenters. The number of rotatable bonds is 5. The van der Waals surface area contributed by atoms with Crippen LogP contribution in [0.15, 0.2) is 46.9 Å². The molecular weight excluding hydrogens is 335 g/mol. The van der Waals surface area contributed by atoms with E-state index in [2.05, 4.69) is 26.6 Å². The normalized spacial score (nSPS) is 10.4. The maximum absolute atomic E-state index is 13.8. The number of carbonyl (C=O) groups is 1. The second kappa shape index (κ2) is 7.33. The van der Waals surface area contributed by atoms with Crippen molar-refractivity contribution >= 4 is 27.5 Å². The van der Waals surface area contributed by atoms with E-state index >= 15 is 0 Å². The van der Waals surface area contributed by atoms with Gasteiger partial charge in [-0.25, -0.2) is 4.39 Å². The lowest BCUT2D eigenvalue weighted by Gasteiger charge is -2.12. The van der Waals surface area contributed by atoms with Crippen LogP contribution in [0, 0.1) is 5.82 Å². The van der Waals surface area contributed by atoms with Gasteiger partial charge in [-0.2, -0.15) is 0 Å². The van der Waals surface area contributed by atoms with Gasteiger partial charge in [0, 0.05) is 16.7 Å². The topological polar surface area (TPSA) is 41.1 Å². The van der Waals surface area contributed by atoms with Gasteiger partial charge < -0.3 is 10.6 Å². The molecule has 0 fully saturated rings. The highest BCUT2D eigenvalue weighted by Crippen LogP contribution is 2.22. The molecule has 2 aromatic rings. The van der Waals surface area contributed by atoms with Crippen LogP contribution in [0.25, 0.3) is 0 Å². The van der Waals surface area contributed by atoms with E-state index in [1.165, 1.54) is 6.07 Å². The van der Waals surface area contributed by atoms with Crippen molar-refractivity contribution in [2.24, 2.45) is 0 Å². The molecule has 1 amide bonds. The van der Waals surface area contributed by atoms with Crippen molar-refractivity contribution in [3.05, 3.63) is 63.9 Å². The molecule has 0 radical (unpaired) electrons. The van der Waals surface area contributed by atoms with Crippen molar-refractivity contribution in [1.82, 2.24) is 5.32 Å². The highest BCUT2D eigenvalue weighted by molar-refractivity contribution is 9.10. The number of anilines is 1. The second-order valence-corrected chi connectivity index (χ2v) is 5.34. The van der Waals surface area contributed by atoms with Crippen molar-refractivity contribution in [3.8, 4) is 0 Å². The molecule has 0 aliphatic rings. The van der Waals surface area contributed by atoms with Crippen LogP contribution in [0.2, 0.25) is 0 Å². The number of para-hydroxylation sites is 1. The summed E-state index contributed by atoms with van der Waals surface area (Å²) < 4.78 is 14.2. The van der Waals surface area contributed by atoms with E-state index in [0.29, 0.717) is 16.7 Å². The predicted molar refractivity (Wildman–Crippen MR) is 85.9 cm³/mol. The summed E-state index contributed by atoms with van der Waals surface area (Å²) in [6.07, 6.45) is 0. The van der Waals surface area contributed by atoms with Crippen LogP contribution in [0.5, 0.6) is 0 Å². The zero-order valence-electron chi connectivity index (χ0n) is 11.6. The van der Waals surface area contributed by atoms with Crippen molar-refractivity contribution in [2.75, 3.05) is 11.9 Å². The molecule has 0 aliphatic heterocycles. The highest BCUT2D eigenvalue weighted by atomic mass is 79.9. The number of benzene rings is 2. The van der Waals surface area contributed by atoms with Gasteiger partial charge in [-0.3, -0.25) is 4.79 Å². The summed E-state index contributed by atoms with van der Waals surface area (Å²) in [5.41, 5.74) is 1.65. The summed E-state index contributed by atoms with van der Waals surface area (Å²) in [6.45, 7) is 3.49. The summed E-state index contributed by atoms with van der Waals surface area (Å²) in [5, 5.41) is 5.97. The average molecular weight is 351 g/mol. The molecule has 21 heavy (non-hydrogen) atoms. The van der Waals surface area contributed by atoms with E-state index in [0.717, 1.165) is 12.1 Å². The van der Waals surface area contributed by atoms with Crippen LogP contribution >= 0.6 is 15.9 Å². The Balaban J connectivity index is 2.24. The smallest absolute Gasteiger partial charge is 0.259 e. The zero-order chi connectivity index (χ0) is 15.2. The molecule has 0 heterocycles. The van der Waals surface area contributed by atoms with Crippen molar-refractivity contribution in [3.63, 3.8) is 0 Å². The highest BCUT2D eigenvalue weighted by Gasteiger charge is 2.16. The number of nitrogens with one attached hydrogen (secondary N) is 2. The lowest BCUT2D eigenvalue weighted by atomic mass is 10.1. The Morgan fingerprint density at radius 1 is 1.19 bits per heavy atom. The van der Waals surface area contributed by atoms with Crippen molar-refractivity contribution in [2.45, 2.75) is 13.5 Å². The van der Waals surface area contributed by atoms with E-state index in [-0.39, 0.29) is 5.56 Å². The fourth-order valence-electron chi connectivity index (χ4n) is 1.96. The minimum atomic E-state index is -0.550. The monoisotopic (exact) mass is 350 g/mol. The number of hydrogen-bond acceptors (Lipinski definition) is 2. The van der Waals surface area contributed by atoms with Gasteiger partial charge in [-0.15, -0.1) is 0 Å². The zero-order valence-corrected chi connectivity index (χ0v) is 13.2. The Hall–Kier alpha value is -1.72. The Bertz CT molecular complexity index is 626. The summed E-state index contributed by atoms with van der Waals surface area (Å²) in [4.78, 5) is 12.3. The molecular formula is C16H16BrFN2O.